The molecule has 0 bridgehead atoms. The normalized spacial score (nSPS) is 10.6. The molecule has 0 aliphatic carbocycles. The zero-order valence-electron chi connectivity index (χ0n) is 9.72. The van der Waals surface area contributed by atoms with Crippen molar-refractivity contribution < 1.29 is 9.31 Å². The molecular formula is C11H6BrClFN3O3. The second-order valence-electron chi connectivity index (χ2n) is 3.86. The van der Waals surface area contributed by atoms with Gasteiger partial charge >= 0.3 is 0 Å². The van der Waals surface area contributed by atoms with E-state index < -0.39 is 16.3 Å². The lowest BCUT2D eigenvalue weighted by atomic mass is 10.2. The highest BCUT2D eigenvalue weighted by atomic mass is 79.9. The Balaban J connectivity index is 2.43. The van der Waals surface area contributed by atoms with Gasteiger partial charge in [-0.2, -0.15) is 0 Å². The maximum absolute atomic E-state index is 13.3. The molecule has 6 nitrogen and oxygen atoms in total. The largest absolute Gasteiger partial charge is 0.294 e. The van der Waals surface area contributed by atoms with E-state index in [1.54, 1.807) is 0 Å². The summed E-state index contributed by atoms with van der Waals surface area (Å²) in [6, 6.07) is 3.11. The lowest BCUT2D eigenvalue weighted by Gasteiger charge is -2.06. The Kier molecular flexibility index (Phi) is 4.15. The molecule has 0 unspecified atom stereocenters. The standard InChI is InChI=1S/C11H6BrClFN3O3/c12-9-10(13)15-5-16(11(9)18)4-6-1-7(14)3-8(2-6)17(19)20/h1-3,5H,4H2. The van der Waals surface area contributed by atoms with Crippen molar-refractivity contribution in [2.45, 2.75) is 6.54 Å². The Morgan fingerprint density at radius 3 is 2.80 bits per heavy atom. The van der Waals surface area contributed by atoms with Gasteiger partial charge in [0.25, 0.3) is 11.2 Å². The number of nitro groups is 1. The van der Waals surface area contributed by atoms with Crippen molar-refractivity contribution in [1.82, 2.24) is 9.55 Å². The Morgan fingerprint density at radius 1 is 1.45 bits per heavy atom. The first-order chi connectivity index (χ1) is 9.38. The molecule has 104 valence electrons. The molecule has 0 fully saturated rings. The Bertz CT molecular complexity index is 750. The zero-order valence-corrected chi connectivity index (χ0v) is 12.1. The highest BCUT2D eigenvalue weighted by Crippen LogP contribution is 2.18. The Morgan fingerprint density at radius 2 is 2.15 bits per heavy atom. The molecular weight excluding hydrogens is 356 g/mol. The summed E-state index contributed by atoms with van der Waals surface area (Å²) in [5.41, 5.74) is -0.569. The molecule has 0 amide bonds. The van der Waals surface area contributed by atoms with Gasteiger partial charge in [0.2, 0.25) is 0 Å². The van der Waals surface area contributed by atoms with Crippen LogP contribution in [0.2, 0.25) is 5.15 Å². The van der Waals surface area contributed by atoms with E-state index >= 15 is 0 Å². The van der Waals surface area contributed by atoms with Crippen molar-refractivity contribution >= 4 is 33.2 Å². The first-order valence-corrected chi connectivity index (χ1v) is 6.40. The molecule has 2 aromatic rings. The molecule has 20 heavy (non-hydrogen) atoms. The quantitative estimate of drug-likeness (QED) is 0.478. The van der Waals surface area contributed by atoms with Crippen molar-refractivity contribution in [3.8, 4) is 0 Å². The third-order valence-electron chi connectivity index (χ3n) is 2.45. The van der Waals surface area contributed by atoms with Gasteiger partial charge in [-0.3, -0.25) is 19.5 Å². The molecule has 1 aromatic carbocycles. The van der Waals surface area contributed by atoms with Gasteiger partial charge in [-0.05, 0) is 27.6 Å². The van der Waals surface area contributed by atoms with Gasteiger partial charge < -0.3 is 0 Å². The summed E-state index contributed by atoms with van der Waals surface area (Å²) in [5, 5.41) is 10.7. The van der Waals surface area contributed by atoms with Gasteiger partial charge in [-0.1, -0.05) is 11.6 Å². The predicted octanol–water partition coefficient (Wildman–Crippen LogP) is 2.75. The Hall–Kier alpha value is -1.80. The van der Waals surface area contributed by atoms with E-state index in [1.165, 1.54) is 12.4 Å². The summed E-state index contributed by atoms with van der Waals surface area (Å²) in [7, 11) is 0. The highest BCUT2D eigenvalue weighted by molar-refractivity contribution is 9.10. The van der Waals surface area contributed by atoms with Crippen LogP contribution in [0.25, 0.3) is 0 Å². The van der Waals surface area contributed by atoms with Crippen LogP contribution in [-0.2, 0) is 6.54 Å². The smallest absolute Gasteiger partial charge is 0.272 e. The first-order valence-electron chi connectivity index (χ1n) is 5.23. The molecule has 0 saturated carbocycles. The number of nitro benzene ring substituents is 1. The number of nitrogens with zero attached hydrogens (tertiary/aromatic N) is 3. The summed E-state index contributed by atoms with van der Waals surface area (Å²) in [4.78, 5) is 25.6. The molecule has 2 rings (SSSR count). The predicted molar refractivity (Wildman–Crippen MR) is 73.4 cm³/mol. The van der Waals surface area contributed by atoms with E-state index in [0.717, 1.165) is 16.7 Å². The number of hydrogen-bond acceptors (Lipinski definition) is 4. The number of aromatic nitrogens is 2. The lowest BCUT2D eigenvalue weighted by Crippen LogP contribution is -2.22. The molecule has 0 radical (unpaired) electrons. The van der Waals surface area contributed by atoms with Gasteiger partial charge in [-0.15, -0.1) is 0 Å². The van der Waals surface area contributed by atoms with Crippen molar-refractivity contribution in [2.24, 2.45) is 0 Å². The monoisotopic (exact) mass is 361 g/mol. The second kappa shape index (κ2) is 5.68. The SMILES string of the molecule is O=c1c(Br)c(Cl)ncn1Cc1cc(F)cc([N+](=O)[O-])c1. The van der Waals surface area contributed by atoms with E-state index in [9.17, 15) is 19.3 Å². The molecule has 9 heteroatoms. The van der Waals surface area contributed by atoms with E-state index in [0.29, 0.717) is 0 Å². The van der Waals surface area contributed by atoms with Crippen LogP contribution in [0.1, 0.15) is 5.56 Å². The minimum absolute atomic E-state index is 0.0106. The van der Waals surface area contributed by atoms with Crippen molar-refractivity contribution in [2.75, 3.05) is 0 Å². The molecule has 0 atom stereocenters. The van der Waals surface area contributed by atoms with Crippen LogP contribution in [0, 0.1) is 15.9 Å². The third-order valence-corrected chi connectivity index (χ3v) is 3.68. The van der Waals surface area contributed by atoms with Crippen LogP contribution in [0.3, 0.4) is 0 Å². The molecule has 0 aliphatic rings. The van der Waals surface area contributed by atoms with Crippen LogP contribution in [0.5, 0.6) is 0 Å². The van der Waals surface area contributed by atoms with Crippen LogP contribution < -0.4 is 5.56 Å². The molecule has 0 spiro atoms. The van der Waals surface area contributed by atoms with E-state index in [-0.39, 0.29) is 27.4 Å². The van der Waals surface area contributed by atoms with Gasteiger partial charge in [0, 0.05) is 6.07 Å². The van der Waals surface area contributed by atoms with Crippen molar-refractivity contribution in [3.63, 3.8) is 0 Å². The minimum atomic E-state index is -0.747. The number of benzene rings is 1. The van der Waals surface area contributed by atoms with Crippen LogP contribution in [0.4, 0.5) is 10.1 Å². The number of halogens is 3. The first kappa shape index (κ1) is 14.6. The fraction of sp³-hybridized carbons (Fsp3) is 0.0909. The van der Waals surface area contributed by atoms with Crippen LogP contribution >= 0.6 is 27.5 Å². The summed E-state index contributed by atoms with van der Waals surface area (Å²) in [6.45, 7) is -0.0554. The van der Waals surface area contributed by atoms with Gasteiger partial charge in [0.05, 0.1) is 23.9 Å². The van der Waals surface area contributed by atoms with E-state index in [1.807, 2.05) is 0 Å². The maximum Gasteiger partial charge on any atom is 0.272 e. The van der Waals surface area contributed by atoms with E-state index in [2.05, 4.69) is 20.9 Å². The van der Waals surface area contributed by atoms with Gasteiger partial charge in [0.1, 0.15) is 10.3 Å². The van der Waals surface area contributed by atoms with Crippen LogP contribution in [0.15, 0.2) is 33.8 Å². The summed E-state index contributed by atoms with van der Waals surface area (Å²) < 4.78 is 14.5. The second-order valence-corrected chi connectivity index (χ2v) is 5.01. The Labute approximate surface area is 125 Å². The van der Waals surface area contributed by atoms with E-state index in [4.69, 9.17) is 11.6 Å². The summed E-state index contributed by atoms with van der Waals surface area (Å²) in [5.74, 6) is -0.747. The zero-order chi connectivity index (χ0) is 14.9. The number of hydrogen-bond donors (Lipinski definition) is 0. The van der Waals surface area contributed by atoms with Gasteiger partial charge in [-0.25, -0.2) is 9.37 Å². The van der Waals surface area contributed by atoms with Crippen LogP contribution in [-0.4, -0.2) is 14.5 Å². The topological polar surface area (TPSA) is 78.0 Å². The third kappa shape index (κ3) is 3.02. The summed E-state index contributed by atoms with van der Waals surface area (Å²) >= 11 is 8.65. The molecule has 1 heterocycles. The molecule has 0 saturated heterocycles. The number of non-ortho nitro benzene ring substituents is 1. The molecule has 0 aliphatic heterocycles. The number of rotatable bonds is 3. The maximum atomic E-state index is 13.3. The molecule has 1 aromatic heterocycles. The van der Waals surface area contributed by atoms with Crippen molar-refractivity contribution in [1.29, 1.82) is 0 Å². The van der Waals surface area contributed by atoms with Crippen molar-refractivity contribution in [3.05, 3.63) is 66.0 Å². The lowest BCUT2D eigenvalue weighted by molar-refractivity contribution is -0.385. The van der Waals surface area contributed by atoms with Gasteiger partial charge in [0.15, 0.2) is 5.15 Å². The summed E-state index contributed by atoms with van der Waals surface area (Å²) in [6.07, 6.45) is 1.19. The minimum Gasteiger partial charge on any atom is -0.294 e. The highest BCUT2D eigenvalue weighted by Gasteiger charge is 2.12. The average Bonchev–Trinajstić information content (AvgIpc) is 2.39. The fourth-order valence-electron chi connectivity index (χ4n) is 1.58. The fourth-order valence-corrected chi connectivity index (χ4v) is 2.04. The molecule has 0 N–H and O–H groups in total. The average molecular weight is 363 g/mol.